The maximum Gasteiger partial charge on any atom is 0.180 e. The normalized spacial score (nSPS) is 11.5. The number of sulfone groups is 1. The van der Waals surface area contributed by atoms with E-state index in [0.717, 1.165) is 11.4 Å². The smallest absolute Gasteiger partial charge is 0.180 e. The van der Waals surface area contributed by atoms with Crippen molar-refractivity contribution >= 4 is 15.7 Å². The number of nitrogens with two attached hydrogens (primary N) is 1. The number of hydrogen-bond donors (Lipinski definition) is 2. The van der Waals surface area contributed by atoms with Crippen LogP contribution in [0.4, 0.5) is 0 Å². The fraction of sp³-hybridized carbons (Fsp3) is 0.286. The second kappa shape index (κ2) is 5.69. The Hall–Kier alpha value is -2.15. The molecular weight excluding hydrogens is 288 g/mol. The van der Waals surface area contributed by atoms with Gasteiger partial charge in [-0.15, -0.1) is 0 Å². The van der Waals surface area contributed by atoms with E-state index in [1.807, 2.05) is 19.9 Å². The molecular formula is C14H18N4O2S. The zero-order valence-electron chi connectivity index (χ0n) is 12.0. The summed E-state index contributed by atoms with van der Waals surface area (Å²) in [6.07, 6.45) is 0. The van der Waals surface area contributed by atoms with E-state index in [9.17, 15) is 8.42 Å². The Kier molecular flexibility index (Phi) is 4.13. The monoisotopic (exact) mass is 306 g/mol. The van der Waals surface area contributed by atoms with Gasteiger partial charge in [0.25, 0.3) is 0 Å². The SMILES string of the molecule is Cc1cc(C)n(CCS(=O)(=O)c2cccc(C(=N)N)c2)n1. The van der Waals surface area contributed by atoms with Crippen LogP contribution >= 0.6 is 0 Å². The molecule has 0 fully saturated rings. The molecule has 0 unspecified atom stereocenters. The molecule has 0 saturated heterocycles. The first-order valence-corrected chi connectivity index (χ1v) is 8.13. The first-order chi connectivity index (χ1) is 9.79. The topological polar surface area (TPSA) is 102 Å². The van der Waals surface area contributed by atoms with Crippen molar-refractivity contribution < 1.29 is 8.42 Å². The highest BCUT2D eigenvalue weighted by atomic mass is 32.2. The Morgan fingerprint density at radius 3 is 2.62 bits per heavy atom. The number of nitrogens with zero attached hydrogens (tertiary/aromatic N) is 2. The van der Waals surface area contributed by atoms with Gasteiger partial charge in [0.05, 0.1) is 22.9 Å². The van der Waals surface area contributed by atoms with Gasteiger partial charge < -0.3 is 5.73 Å². The molecule has 0 bridgehead atoms. The van der Waals surface area contributed by atoms with Crippen LogP contribution in [0, 0.1) is 19.3 Å². The van der Waals surface area contributed by atoms with E-state index in [1.165, 1.54) is 12.1 Å². The molecule has 112 valence electrons. The van der Waals surface area contributed by atoms with Gasteiger partial charge in [0.2, 0.25) is 0 Å². The van der Waals surface area contributed by atoms with E-state index in [4.69, 9.17) is 11.1 Å². The lowest BCUT2D eigenvalue weighted by molar-refractivity contribution is 0.576. The van der Waals surface area contributed by atoms with E-state index in [1.54, 1.807) is 16.8 Å². The molecule has 1 heterocycles. The van der Waals surface area contributed by atoms with Gasteiger partial charge in [-0.25, -0.2) is 8.42 Å². The molecule has 1 aromatic heterocycles. The predicted octanol–water partition coefficient (Wildman–Crippen LogP) is 1.26. The molecule has 6 nitrogen and oxygen atoms in total. The Labute approximate surface area is 124 Å². The second-order valence-corrected chi connectivity index (χ2v) is 7.02. The van der Waals surface area contributed by atoms with Gasteiger partial charge >= 0.3 is 0 Å². The van der Waals surface area contributed by atoms with Crippen LogP contribution in [0.15, 0.2) is 35.2 Å². The number of rotatable bonds is 5. The van der Waals surface area contributed by atoms with Crippen molar-refractivity contribution in [2.24, 2.45) is 5.73 Å². The zero-order chi connectivity index (χ0) is 15.6. The van der Waals surface area contributed by atoms with E-state index in [2.05, 4.69) is 5.10 Å². The van der Waals surface area contributed by atoms with Crippen LogP contribution in [0.1, 0.15) is 17.0 Å². The number of nitrogen functional groups attached to an aromatic ring is 1. The molecule has 0 aliphatic carbocycles. The quantitative estimate of drug-likeness (QED) is 0.641. The average Bonchev–Trinajstić information content (AvgIpc) is 2.75. The highest BCUT2D eigenvalue weighted by Gasteiger charge is 2.16. The molecule has 1 aromatic carbocycles. The van der Waals surface area contributed by atoms with Crippen LogP contribution < -0.4 is 5.73 Å². The summed E-state index contributed by atoms with van der Waals surface area (Å²) >= 11 is 0. The lowest BCUT2D eigenvalue weighted by Crippen LogP contribution is -2.16. The summed E-state index contributed by atoms with van der Waals surface area (Å²) in [6.45, 7) is 4.06. The molecule has 0 aliphatic heterocycles. The number of aromatic nitrogens is 2. The summed E-state index contributed by atoms with van der Waals surface area (Å²) in [5, 5.41) is 11.6. The van der Waals surface area contributed by atoms with Crippen LogP contribution in [-0.4, -0.2) is 29.8 Å². The Morgan fingerprint density at radius 2 is 2.05 bits per heavy atom. The number of benzene rings is 1. The van der Waals surface area contributed by atoms with E-state index in [0.29, 0.717) is 12.1 Å². The molecule has 3 N–H and O–H groups in total. The third kappa shape index (κ3) is 3.49. The molecule has 0 aliphatic rings. The van der Waals surface area contributed by atoms with Crippen molar-refractivity contribution in [3.8, 4) is 0 Å². The first kappa shape index (κ1) is 15.2. The van der Waals surface area contributed by atoms with Gasteiger partial charge in [0, 0.05) is 11.3 Å². The summed E-state index contributed by atoms with van der Waals surface area (Å²) in [4.78, 5) is 0.178. The van der Waals surface area contributed by atoms with Gasteiger partial charge in [0.1, 0.15) is 5.84 Å². The summed E-state index contributed by atoms with van der Waals surface area (Å²) in [5.74, 6) is -0.193. The molecule has 2 rings (SSSR count). The number of aryl methyl sites for hydroxylation is 3. The van der Waals surface area contributed by atoms with Crippen molar-refractivity contribution in [3.63, 3.8) is 0 Å². The fourth-order valence-corrected chi connectivity index (χ4v) is 3.32. The van der Waals surface area contributed by atoms with Crippen molar-refractivity contribution in [1.82, 2.24) is 9.78 Å². The van der Waals surface area contributed by atoms with Gasteiger partial charge in [0.15, 0.2) is 9.84 Å². The fourth-order valence-electron chi connectivity index (χ4n) is 2.08. The van der Waals surface area contributed by atoms with E-state index >= 15 is 0 Å². The minimum absolute atomic E-state index is 0.0453. The average molecular weight is 306 g/mol. The lowest BCUT2D eigenvalue weighted by atomic mass is 10.2. The highest BCUT2D eigenvalue weighted by Crippen LogP contribution is 2.14. The van der Waals surface area contributed by atoms with Crippen LogP contribution in [0.25, 0.3) is 0 Å². The van der Waals surface area contributed by atoms with Crippen molar-refractivity contribution in [1.29, 1.82) is 5.41 Å². The standard InChI is InChI=1S/C14H18N4O2S/c1-10-8-11(2)18(17-10)6-7-21(19,20)13-5-3-4-12(9-13)14(15)16/h3-5,8-9H,6-7H2,1-2H3,(H3,15,16). The number of amidine groups is 1. The van der Waals surface area contributed by atoms with Gasteiger partial charge in [-0.3, -0.25) is 10.1 Å². The molecule has 0 atom stereocenters. The summed E-state index contributed by atoms with van der Waals surface area (Å²) < 4.78 is 26.4. The zero-order valence-corrected chi connectivity index (χ0v) is 12.8. The first-order valence-electron chi connectivity index (χ1n) is 6.48. The van der Waals surface area contributed by atoms with Crippen LogP contribution in [0.2, 0.25) is 0 Å². The molecule has 0 saturated carbocycles. The highest BCUT2D eigenvalue weighted by molar-refractivity contribution is 7.91. The number of nitrogens with one attached hydrogen (secondary N) is 1. The minimum Gasteiger partial charge on any atom is -0.384 e. The molecule has 21 heavy (non-hydrogen) atoms. The van der Waals surface area contributed by atoms with Crippen LogP contribution in [0.3, 0.4) is 0 Å². The maximum atomic E-state index is 12.3. The van der Waals surface area contributed by atoms with Gasteiger partial charge in [-0.2, -0.15) is 5.10 Å². The predicted molar refractivity (Wildman–Crippen MR) is 81.2 cm³/mol. The summed E-state index contributed by atoms with van der Waals surface area (Å²) in [5.41, 5.74) is 7.59. The molecule has 0 amide bonds. The van der Waals surface area contributed by atoms with Crippen molar-refractivity contribution in [2.45, 2.75) is 25.3 Å². The molecule has 7 heteroatoms. The van der Waals surface area contributed by atoms with Gasteiger partial charge in [-0.1, -0.05) is 12.1 Å². The third-order valence-electron chi connectivity index (χ3n) is 3.18. The number of hydrogen-bond acceptors (Lipinski definition) is 4. The van der Waals surface area contributed by atoms with E-state index in [-0.39, 0.29) is 16.5 Å². The lowest BCUT2D eigenvalue weighted by Gasteiger charge is -2.07. The molecule has 2 aromatic rings. The van der Waals surface area contributed by atoms with E-state index < -0.39 is 9.84 Å². The van der Waals surface area contributed by atoms with Gasteiger partial charge in [-0.05, 0) is 32.0 Å². The summed E-state index contributed by atoms with van der Waals surface area (Å²) in [7, 11) is -3.44. The molecule has 0 radical (unpaired) electrons. The Bertz CT molecular complexity index is 778. The largest absolute Gasteiger partial charge is 0.384 e. The van der Waals surface area contributed by atoms with Crippen molar-refractivity contribution in [2.75, 3.05) is 5.75 Å². The summed E-state index contributed by atoms with van der Waals surface area (Å²) in [6, 6.07) is 8.06. The molecule has 0 spiro atoms. The maximum absolute atomic E-state index is 12.3. The van der Waals surface area contributed by atoms with Crippen LogP contribution in [0.5, 0.6) is 0 Å². The van der Waals surface area contributed by atoms with Crippen molar-refractivity contribution in [3.05, 3.63) is 47.3 Å². The third-order valence-corrected chi connectivity index (χ3v) is 4.87. The minimum atomic E-state index is -3.44. The van der Waals surface area contributed by atoms with Crippen LogP contribution in [-0.2, 0) is 16.4 Å². The Balaban J connectivity index is 2.20. The second-order valence-electron chi connectivity index (χ2n) is 4.91. The Morgan fingerprint density at radius 1 is 1.33 bits per heavy atom.